The summed E-state index contributed by atoms with van der Waals surface area (Å²) in [6, 6.07) is 7.10. The van der Waals surface area contributed by atoms with Gasteiger partial charge in [0.1, 0.15) is 30.6 Å². The van der Waals surface area contributed by atoms with Crippen LogP contribution in [0.2, 0.25) is 10.0 Å². The lowest BCUT2D eigenvalue weighted by atomic mass is 10.2. The predicted octanol–water partition coefficient (Wildman–Crippen LogP) is 5.35. The molecule has 0 spiro atoms. The number of carbonyl (C=O) groups excluding carboxylic acids is 1. The fourth-order valence-electron chi connectivity index (χ4n) is 3.42. The Balaban J connectivity index is 1.89. The molecular weight excluding hydrogens is 507 g/mol. The molecule has 0 aliphatic carbocycles. The lowest BCUT2D eigenvalue weighted by Gasteiger charge is -2.26. The minimum atomic E-state index is -0.458. The minimum Gasteiger partial charge on any atom is -0.495 e. The van der Waals surface area contributed by atoms with Crippen molar-refractivity contribution >= 4 is 51.6 Å². The van der Waals surface area contributed by atoms with Crippen LogP contribution in [0, 0.1) is 0 Å². The Bertz CT molecular complexity index is 1220. The third-order valence-corrected chi connectivity index (χ3v) is 6.15. The van der Waals surface area contributed by atoms with Crippen LogP contribution in [-0.4, -0.2) is 67.4 Å². The van der Waals surface area contributed by atoms with Gasteiger partial charge in [0, 0.05) is 37.0 Å². The van der Waals surface area contributed by atoms with Crippen LogP contribution >= 0.6 is 23.2 Å². The molecule has 3 rings (SSSR count). The summed E-state index contributed by atoms with van der Waals surface area (Å²) in [6.07, 6.45) is 0.973. The molecular formula is C25H30Cl2N4O5. The number of nitrogens with zero attached hydrogens (tertiary/aromatic N) is 3. The summed E-state index contributed by atoms with van der Waals surface area (Å²) >= 11 is 12.5. The summed E-state index contributed by atoms with van der Waals surface area (Å²) in [5, 5.41) is 4.70. The number of carbonyl (C=O) groups is 1. The summed E-state index contributed by atoms with van der Waals surface area (Å²) in [4.78, 5) is 22.4. The van der Waals surface area contributed by atoms with Gasteiger partial charge in [-0.3, -0.25) is 4.79 Å². The maximum absolute atomic E-state index is 11.6. The van der Waals surface area contributed by atoms with E-state index in [0.717, 1.165) is 0 Å². The Morgan fingerprint density at radius 2 is 1.75 bits per heavy atom. The van der Waals surface area contributed by atoms with Crippen molar-refractivity contribution in [3.8, 4) is 17.2 Å². The standard InChI is InChI=1S/C25H30Cl2N4O5/c1-14(2)31(4)11-16(36-15(3)32)12-35-24-9-20-17(7-23(24)34-6)25(29-13-28-20)30-21-10-22(33-5)19(27)8-18(21)26/h7-10,13-14,16H,11-12H2,1-6H3,(H,28,29,30). The van der Waals surface area contributed by atoms with Crippen molar-refractivity contribution in [2.45, 2.75) is 32.9 Å². The molecule has 194 valence electrons. The zero-order valence-corrected chi connectivity index (χ0v) is 22.6. The number of fused-ring (bicyclic) bond motifs is 1. The zero-order valence-electron chi connectivity index (χ0n) is 21.1. The summed E-state index contributed by atoms with van der Waals surface area (Å²) in [5.74, 6) is 1.55. The van der Waals surface area contributed by atoms with E-state index >= 15 is 0 Å². The number of aromatic nitrogens is 2. The maximum Gasteiger partial charge on any atom is 0.303 e. The number of benzene rings is 2. The van der Waals surface area contributed by atoms with E-state index < -0.39 is 6.10 Å². The van der Waals surface area contributed by atoms with Crippen LogP contribution in [0.1, 0.15) is 20.8 Å². The summed E-state index contributed by atoms with van der Waals surface area (Å²) < 4.78 is 22.4. The first-order valence-electron chi connectivity index (χ1n) is 11.3. The van der Waals surface area contributed by atoms with E-state index in [9.17, 15) is 4.79 Å². The molecule has 36 heavy (non-hydrogen) atoms. The molecule has 1 aromatic heterocycles. The van der Waals surface area contributed by atoms with E-state index in [4.69, 9.17) is 42.1 Å². The number of ether oxygens (including phenoxy) is 4. The normalized spacial score (nSPS) is 12.1. The topological polar surface area (TPSA) is 95.0 Å². The van der Waals surface area contributed by atoms with Crippen LogP contribution in [0.3, 0.4) is 0 Å². The third-order valence-electron chi connectivity index (χ3n) is 5.55. The molecule has 2 aromatic carbocycles. The lowest BCUT2D eigenvalue weighted by molar-refractivity contribution is -0.148. The van der Waals surface area contributed by atoms with Gasteiger partial charge in [0.05, 0.1) is 35.5 Å². The van der Waals surface area contributed by atoms with Crippen molar-refractivity contribution in [3.05, 3.63) is 40.6 Å². The molecule has 0 saturated heterocycles. The average molecular weight is 537 g/mol. The molecule has 1 N–H and O–H groups in total. The summed E-state index contributed by atoms with van der Waals surface area (Å²) in [6.45, 7) is 6.18. The largest absolute Gasteiger partial charge is 0.495 e. The number of anilines is 2. The Hall–Kier alpha value is -3.01. The highest BCUT2D eigenvalue weighted by Crippen LogP contribution is 2.38. The number of methoxy groups -OCH3 is 2. The van der Waals surface area contributed by atoms with Crippen LogP contribution in [0.5, 0.6) is 17.2 Å². The molecule has 0 radical (unpaired) electrons. The van der Waals surface area contributed by atoms with Gasteiger partial charge in [0.15, 0.2) is 11.5 Å². The molecule has 1 atom stereocenters. The first kappa shape index (κ1) is 27.6. The molecule has 0 saturated carbocycles. The fourth-order valence-corrected chi connectivity index (χ4v) is 3.93. The SMILES string of the molecule is COc1cc(Nc2ncnc3cc(OCC(CN(C)C(C)C)OC(C)=O)c(OC)cc23)c(Cl)cc1Cl. The number of nitrogens with one attached hydrogen (secondary N) is 1. The molecule has 11 heteroatoms. The van der Waals surface area contributed by atoms with Crippen LogP contribution < -0.4 is 19.5 Å². The van der Waals surface area contributed by atoms with Gasteiger partial charge in [-0.05, 0) is 33.0 Å². The van der Waals surface area contributed by atoms with E-state index in [-0.39, 0.29) is 18.6 Å². The summed E-state index contributed by atoms with van der Waals surface area (Å²) in [5.41, 5.74) is 1.18. The van der Waals surface area contributed by atoms with Gasteiger partial charge in [0.25, 0.3) is 0 Å². The number of likely N-dealkylation sites (N-methyl/N-ethyl adjacent to an activating group) is 1. The highest BCUT2D eigenvalue weighted by atomic mass is 35.5. The predicted molar refractivity (Wildman–Crippen MR) is 141 cm³/mol. The molecule has 9 nitrogen and oxygen atoms in total. The smallest absolute Gasteiger partial charge is 0.303 e. The van der Waals surface area contributed by atoms with Gasteiger partial charge in [0.2, 0.25) is 0 Å². The quantitative estimate of drug-likeness (QED) is 0.325. The molecule has 1 unspecified atom stereocenters. The molecule has 0 aliphatic rings. The monoisotopic (exact) mass is 536 g/mol. The number of esters is 1. The van der Waals surface area contributed by atoms with E-state index in [1.807, 2.05) is 7.05 Å². The van der Waals surface area contributed by atoms with Gasteiger partial charge in [-0.1, -0.05) is 23.2 Å². The second-order valence-corrected chi connectivity index (χ2v) is 9.22. The van der Waals surface area contributed by atoms with Crippen molar-refractivity contribution in [2.24, 2.45) is 0 Å². The first-order chi connectivity index (χ1) is 17.1. The second-order valence-electron chi connectivity index (χ2n) is 8.41. The Labute approximate surface area is 220 Å². The third kappa shape index (κ3) is 6.81. The Morgan fingerprint density at radius 3 is 2.39 bits per heavy atom. The van der Waals surface area contributed by atoms with Crippen molar-refractivity contribution in [2.75, 3.05) is 39.7 Å². The van der Waals surface area contributed by atoms with Gasteiger partial charge in [-0.25, -0.2) is 9.97 Å². The number of hydrogen-bond acceptors (Lipinski definition) is 9. The van der Waals surface area contributed by atoms with Crippen LogP contribution in [-0.2, 0) is 9.53 Å². The molecule has 0 aliphatic heterocycles. The Kier molecular flexibility index (Phi) is 9.42. The van der Waals surface area contributed by atoms with Crippen molar-refractivity contribution in [1.29, 1.82) is 0 Å². The van der Waals surface area contributed by atoms with Crippen molar-refractivity contribution in [1.82, 2.24) is 14.9 Å². The maximum atomic E-state index is 11.6. The highest BCUT2D eigenvalue weighted by Gasteiger charge is 2.20. The molecule has 0 fully saturated rings. The number of hydrogen-bond donors (Lipinski definition) is 1. The van der Waals surface area contributed by atoms with Gasteiger partial charge < -0.3 is 29.2 Å². The minimum absolute atomic E-state index is 0.148. The average Bonchev–Trinajstić information content (AvgIpc) is 2.83. The van der Waals surface area contributed by atoms with Crippen molar-refractivity contribution < 1.29 is 23.7 Å². The van der Waals surface area contributed by atoms with Crippen LogP contribution in [0.25, 0.3) is 10.9 Å². The molecule has 0 bridgehead atoms. The number of halogens is 2. The van der Waals surface area contributed by atoms with Crippen LogP contribution in [0.15, 0.2) is 30.6 Å². The van der Waals surface area contributed by atoms with Gasteiger partial charge >= 0.3 is 5.97 Å². The van der Waals surface area contributed by atoms with E-state index in [1.165, 1.54) is 20.4 Å². The van der Waals surface area contributed by atoms with Crippen molar-refractivity contribution in [3.63, 3.8) is 0 Å². The highest BCUT2D eigenvalue weighted by molar-refractivity contribution is 6.37. The van der Waals surface area contributed by atoms with Gasteiger partial charge in [-0.2, -0.15) is 0 Å². The molecule has 3 aromatic rings. The Morgan fingerprint density at radius 1 is 1.03 bits per heavy atom. The number of rotatable bonds is 11. The molecule has 0 amide bonds. The molecule has 1 heterocycles. The van der Waals surface area contributed by atoms with Crippen LogP contribution in [0.4, 0.5) is 11.5 Å². The van der Waals surface area contributed by atoms with E-state index in [2.05, 4.69) is 34.0 Å². The lowest BCUT2D eigenvalue weighted by Crippen LogP contribution is -2.39. The van der Waals surface area contributed by atoms with E-state index in [0.29, 0.717) is 56.2 Å². The fraction of sp³-hybridized carbons (Fsp3) is 0.400. The summed E-state index contributed by atoms with van der Waals surface area (Å²) in [7, 11) is 5.03. The zero-order chi connectivity index (χ0) is 26.4. The van der Waals surface area contributed by atoms with Gasteiger partial charge in [-0.15, -0.1) is 0 Å². The van der Waals surface area contributed by atoms with E-state index in [1.54, 1.807) is 31.4 Å². The second kappa shape index (κ2) is 12.3. The first-order valence-corrected chi connectivity index (χ1v) is 12.0.